The third-order valence-electron chi connectivity index (χ3n) is 8.13. The molecule has 2 atom stereocenters. The summed E-state index contributed by atoms with van der Waals surface area (Å²) < 4.78 is 30.1. The van der Waals surface area contributed by atoms with Gasteiger partial charge in [-0.05, 0) is 18.4 Å². The number of quaternary nitrogens is 1. The lowest BCUT2D eigenvalue weighted by molar-refractivity contribution is -0.870. The summed E-state index contributed by atoms with van der Waals surface area (Å²) in [7, 11) is 1.64. The van der Waals surface area contributed by atoms with E-state index in [1.807, 2.05) is 51.5 Å². The molecule has 9 heteroatoms. The molecule has 0 aliphatic rings. The number of carbonyl (C=O) groups excluding carboxylic acids is 1. The van der Waals surface area contributed by atoms with Crippen LogP contribution >= 0.6 is 7.82 Å². The van der Waals surface area contributed by atoms with Crippen molar-refractivity contribution >= 4 is 13.7 Å². The number of hydrogen-bond donors (Lipinski definition) is 1. The molecule has 8 nitrogen and oxygen atoms in total. The number of phosphoric acid groups is 1. The van der Waals surface area contributed by atoms with E-state index < -0.39 is 13.9 Å². The minimum Gasteiger partial charge on any atom is -0.379 e. The molecular weight excluding hydrogens is 587 g/mol. The third-order valence-corrected chi connectivity index (χ3v) is 9.20. The highest BCUT2D eigenvalue weighted by molar-refractivity contribution is 7.47. The number of unbranched alkanes of at least 4 members (excludes halogenated alkanes) is 15. The second kappa shape index (κ2) is 25.8. The van der Waals surface area contributed by atoms with Crippen LogP contribution in [0.3, 0.4) is 0 Å². The SMILES string of the molecule is CCCCCCCCCCCCCCCCCCOCC(CN(CCc1ccccc1)C(C)=O)OP(=O)(O)OCC[N+](C)(C)C. The predicted octanol–water partition coefficient (Wildman–Crippen LogP) is 8.56. The number of ether oxygens (including phenoxy) is 1. The fraction of sp³-hybridized carbons (Fsp3) is 0.806. The Morgan fingerprint density at radius 2 is 1.33 bits per heavy atom. The molecule has 0 aromatic heterocycles. The third kappa shape index (κ3) is 25.5. The summed E-state index contributed by atoms with van der Waals surface area (Å²) >= 11 is 0. The van der Waals surface area contributed by atoms with Crippen molar-refractivity contribution in [2.24, 2.45) is 0 Å². The van der Waals surface area contributed by atoms with Crippen LogP contribution in [0.1, 0.15) is 122 Å². The molecule has 0 saturated carbocycles. The molecule has 0 heterocycles. The van der Waals surface area contributed by atoms with Crippen LogP contribution in [0.25, 0.3) is 0 Å². The Labute approximate surface area is 276 Å². The van der Waals surface area contributed by atoms with Crippen molar-refractivity contribution in [2.45, 2.75) is 129 Å². The molecule has 1 amide bonds. The van der Waals surface area contributed by atoms with Gasteiger partial charge in [0.05, 0.1) is 27.7 Å². The van der Waals surface area contributed by atoms with E-state index in [-0.39, 0.29) is 25.7 Å². The molecular formula is C36H68N2O6P+. The summed E-state index contributed by atoms with van der Waals surface area (Å²) in [6.45, 7) is 5.75. The van der Waals surface area contributed by atoms with Gasteiger partial charge in [-0.1, -0.05) is 134 Å². The smallest absolute Gasteiger partial charge is 0.379 e. The van der Waals surface area contributed by atoms with Crippen molar-refractivity contribution in [3.05, 3.63) is 35.9 Å². The van der Waals surface area contributed by atoms with E-state index in [0.29, 0.717) is 30.6 Å². The van der Waals surface area contributed by atoms with Gasteiger partial charge < -0.3 is 19.0 Å². The van der Waals surface area contributed by atoms with Crippen LogP contribution in [0.15, 0.2) is 30.3 Å². The number of carbonyl (C=O) groups is 1. The first-order valence-corrected chi connectivity index (χ1v) is 19.4. The van der Waals surface area contributed by atoms with Gasteiger partial charge >= 0.3 is 7.82 Å². The Hall–Kier alpha value is -1.28. The Kier molecular flexibility index (Phi) is 23.9. The minimum absolute atomic E-state index is 0.0917. The maximum atomic E-state index is 12.8. The van der Waals surface area contributed by atoms with Gasteiger partial charge in [-0.25, -0.2) is 4.57 Å². The summed E-state index contributed by atoms with van der Waals surface area (Å²) in [5, 5.41) is 0. The van der Waals surface area contributed by atoms with Crippen LogP contribution in [0.4, 0.5) is 0 Å². The Bertz CT molecular complexity index is 895. The molecule has 2 unspecified atom stereocenters. The van der Waals surface area contributed by atoms with Crippen LogP contribution in [0, 0.1) is 0 Å². The molecule has 1 N–H and O–H groups in total. The largest absolute Gasteiger partial charge is 0.472 e. The number of likely N-dealkylation sites (N-methyl/N-ethyl adjacent to an activating group) is 1. The molecule has 0 saturated heterocycles. The highest BCUT2D eigenvalue weighted by atomic mass is 31.2. The number of phosphoric ester groups is 1. The van der Waals surface area contributed by atoms with E-state index in [0.717, 1.165) is 18.4 Å². The summed E-state index contributed by atoms with van der Waals surface area (Å²) in [5.74, 6) is -0.115. The van der Waals surface area contributed by atoms with Gasteiger partial charge in [0.1, 0.15) is 19.3 Å². The van der Waals surface area contributed by atoms with Gasteiger partial charge in [0.25, 0.3) is 0 Å². The van der Waals surface area contributed by atoms with Gasteiger partial charge in [0, 0.05) is 26.6 Å². The van der Waals surface area contributed by atoms with Crippen LogP contribution in [0.2, 0.25) is 0 Å². The molecule has 0 aliphatic heterocycles. The normalized spacial score (nSPS) is 13.9. The summed E-state index contributed by atoms with van der Waals surface area (Å²) in [6.07, 6.45) is 20.9. The monoisotopic (exact) mass is 655 g/mol. The number of hydrogen-bond acceptors (Lipinski definition) is 5. The van der Waals surface area contributed by atoms with Crippen LogP contribution in [0.5, 0.6) is 0 Å². The van der Waals surface area contributed by atoms with Crippen molar-refractivity contribution in [1.82, 2.24) is 4.90 Å². The second-order valence-corrected chi connectivity index (χ2v) is 15.0. The van der Waals surface area contributed by atoms with Crippen molar-refractivity contribution in [2.75, 3.05) is 60.6 Å². The molecule has 262 valence electrons. The van der Waals surface area contributed by atoms with Crippen LogP contribution in [-0.2, 0) is 29.6 Å². The predicted molar refractivity (Wildman–Crippen MR) is 186 cm³/mol. The first kappa shape index (κ1) is 41.7. The first-order valence-electron chi connectivity index (χ1n) is 17.9. The standard InChI is InChI=1S/C36H67N2O6P/c1-6-7-8-9-10-11-12-13-14-15-16-17-18-19-20-24-30-42-33-36(44-45(40,41)43-31-29-38(3,4)5)32-37(34(2)39)28-27-35-25-22-21-23-26-35/h21-23,25-26,36H,6-20,24,27-33H2,1-5H3/p+1. The van der Waals surface area contributed by atoms with Crippen molar-refractivity contribution in [3.63, 3.8) is 0 Å². The van der Waals surface area contributed by atoms with E-state index in [2.05, 4.69) is 6.92 Å². The van der Waals surface area contributed by atoms with Crippen molar-refractivity contribution in [1.29, 1.82) is 0 Å². The van der Waals surface area contributed by atoms with Gasteiger partial charge in [0.15, 0.2) is 0 Å². The molecule has 1 rings (SSSR count). The number of benzene rings is 1. The quantitative estimate of drug-likeness (QED) is 0.0508. The Morgan fingerprint density at radius 1 is 0.822 bits per heavy atom. The van der Waals surface area contributed by atoms with Crippen molar-refractivity contribution < 1.29 is 32.5 Å². The lowest BCUT2D eigenvalue weighted by Crippen LogP contribution is -2.40. The van der Waals surface area contributed by atoms with E-state index in [9.17, 15) is 14.3 Å². The molecule has 0 spiro atoms. The molecule has 0 aliphatic carbocycles. The lowest BCUT2D eigenvalue weighted by Gasteiger charge is -2.28. The van der Waals surface area contributed by atoms with Crippen molar-refractivity contribution in [3.8, 4) is 0 Å². The van der Waals surface area contributed by atoms with Gasteiger partial charge in [-0.2, -0.15) is 0 Å². The lowest BCUT2D eigenvalue weighted by atomic mass is 10.0. The maximum Gasteiger partial charge on any atom is 0.472 e. The average Bonchev–Trinajstić information content (AvgIpc) is 2.97. The Morgan fingerprint density at radius 3 is 1.82 bits per heavy atom. The van der Waals surface area contributed by atoms with Gasteiger partial charge in [-0.3, -0.25) is 13.8 Å². The topological polar surface area (TPSA) is 85.3 Å². The fourth-order valence-electron chi connectivity index (χ4n) is 5.26. The molecule has 1 aromatic rings. The summed E-state index contributed by atoms with van der Waals surface area (Å²) in [6, 6.07) is 9.96. The van der Waals surface area contributed by atoms with Gasteiger partial charge in [0.2, 0.25) is 5.91 Å². The summed E-state index contributed by atoms with van der Waals surface area (Å²) in [4.78, 5) is 24.5. The minimum atomic E-state index is -4.32. The maximum absolute atomic E-state index is 12.8. The summed E-state index contributed by atoms with van der Waals surface area (Å²) in [5.41, 5.74) is 1.12. The zero-order chi connectivity index (χ0) is 33.2. The molecule has 45 heavy (non-hydrogen) atoms. The molecule has 1 aromatic carbocycles. The zero-order valence-electron chi connectivity index (χ0n) is 29.6. The second-order valence-electron chi connectivity index (χ2n) is 13.6. The average molecular weight is 656 g/mol. The first-order chi connectivity index (χ1) is 21.5. The molecule has 0 bridgehead atoms. The van der Waals surface area contributed by atoms with E-state index in [1.54, 1.807) is 4.90 Å². The highest BCUT2D eigenvalue weighted by Gasteiger charge is 2.29. The van der Waals surface area contributed by atoms with Crippen LogP contribution < -0.4 is 0 Å². The Balaban J connectivity index is 2.35. The van der Waals surface area contributed by atoms with Crippen LogP contribution in [-0.4, -0.2) is 86.9 Å². The van der Waals surface area contributed by atoms with E-state index >= 15 is 0 Å². The number of amides is 1. The molecule has 0 radical (unpaired) electrons. The van der Waals surface area contributed by atoms with Gasteiger partial charge in [-0.15, -0.1) is 0 Å². The number of rotatable bonds is 30. The zero-order valence-corrected chi connectivity index (χ0v) is 30.5. The van der Waals surface area contributed by atoms with E-state index in [4.69, 9.17) is 13.8 Å². The molecule has 0 fully saturated rings. The van der Waals surface area contributed by atoms with E-state index in [1.165, 1.54) is 96.8 Å². The highest BCUT2D eigenvalue weighted by Crippen LogP contribution is 2.44. The fourth-order valence-corrected chi connectivity index (χ4v) is 6.14. The number of nitrogens with zero attached hydrogens (tertiary/aromatic N) is 2.